The third-order valence-electron chi connectivity index (χ3n) is 3.20. The molecule has 7 heteroatoms. The van der Waals surface area contributed by atoms with E-state index in [4.69, 9.17) is 5.11 Å². The second-order valence-electron chi connectivity index (χ2n) is 4.55. The van der Waals surface area contributed by atoms with Crippen LogP contribution >= 0.6 is 0 Å². The predicted octanol–water partition coefficient (Wildman–Crippen LogP) is 0.239. The molecule has 0 radical (unpaired) electrons. The number of hydrogen-bond acceptors (Lipinski definition) is 4. The summed E-state index contributed by atoms with van der Waals surface area (Å²) in [5, 5.41) is 14.8. The fourth-order valence-corrected chi connectivity index (χ4v) is 2.29. The molecule has 0 aromatic carbocycles. The Morgan fingerprint density at radius 1 is 1.42 bits per heavy atom. The molecule has 19 heavy (non-hydrogen) atoms. The van der Waals surface area contributed by atoms with Crippen LogP contribution in [0.1, 0.15) is 36.2 Å². The van der Waals surface area contributed by atoms with Crippen LogP contribution in [0.5, 0.6) is 0 Å². The molecule has 1 aromatic heterocycles. The van der Waals surface area contributed by atoms with Crippen molar-refractivity contribution in [3.63, 3.8) is 0 Å². The molecule has 1 aromatic rings. The number of nitrogens with one attached hydrogen (secondary N) is 1. The lowest BCUT2D eigenvalue weighted by Crippen LogP contribution is -2.45. The molecular weight excluding hydrogens is 250 g/mol. The highest BCUT2D eigenvalue weighted by Crippen LogP contribution is 2.21. The third kappa shape index (κ3) is 3.18. The van der Waals surface area contributed by atoms with Gasteiger partial charge in [0.2, 0.25) is 0 Å². The minimum absolute atomic E-state index is 0.0604. The number of carboxylic acids is 1. The maximum Gasteiger partial charge on any atom is 0.305 e. The summed E-state index contributed by atoms with van der Waals surface area (Å²) in [7, 11) is 0. The predicted molar refractivity (Wildman–Crippen MR) is 65.8 cm³/mol. The highest BCUT2D eigenvalue weighted by molar-refractivity contribution is 5.92. The lowest BCUT2D eigenvalue weighted by atomic mass is 9.99. The second-order valence-corrected chi connectivity index (χ2v) is 4.55. The molecule has 1 saturated heterocycles. The minimum atomic E-state index is -0.917. The van der Waals surface area contributed by atoms with Crippen LogP contribution in [0.4, 0.5) is 0 Å². The van der Waals surface area contributed by atoms with Gasteiger partial charge < -0.3 is 10.0 Å². The van der Waals surface area contributed by atoms with Crippen molar-refractivity contribution in [2.24, 2.45) is 0 Å². The van der Waals surface area contributed by atoms with E-state index in [0.29, 0.717) is 13.0 Å². The van der Waals surface area contributed by atoms with Crippen LogP contribution in [0.3, 0.4) is 0 Å². The Morgan fingerprint density at radius 3 is 2.84 bits per heavy atom. The number of nitrogens with zero attached hydrogens (tertiary/aromatic N) is 2. The normalized spacial score (nSPS) is 19.2. The number of carbonyl (C=O) groups is 2. The van der Waals surface area contributed by atoms with Gasteiger partial charge in [0.1, 0.15) is 5.69 Å². The first-order valence-corrected chi connectivity index (χ1v) is 6.16. The molecule has 1 aliphatic heterocycles. The number of amides is 1. The van der Waals surface area contributed by atoms with Crippen LogP contribution in [0, 0.1) is 0 Å². The molecule has 1 fully saturated rings. The van der Waals surface area contributed by atoms with Crippen molar-refractivity contribution in [1.82, 2.24) is 15.1 Å². The summed E-state index contributed by atoms with van der Waals surface area (Å²) in [6.45, 7) is 0.525. The van der Waals surface area contributed by atoms with Gasteiger partial charge in [-0.2, -0.15) is 5.10 Å². The summed E-state index contributed by atoms with van der Waals surface area (Å²) in [5.74, 6) is -1.25. The fraction of sp³-hybridized carbons (Fsp3) is 0.500. The Bertz CT molecular complexity index is 520. The number of piperidine rings is 1. The van der Waals surface area contributed by atoms with Gasteiger partial charge >= 0.3 is 5.97 Å². The lowest BCUT2D eigenvalue weighted by molar-refractivity contribution is -0.138. The summed E-state index contributed by atoms with van der Waals surface area (Å²) < 4.78 is 0. The van der Waals surface area contributed by atoms with Crippen molar-refractivity contribution >= 4 is 11.9 Å². The highest BCUT2D eigenvalue weighted by atomic mass is 16.4. The molecule has 1 amide bonds. The Kier molecular flexibility index (Phi) is 3.94. The van der Waals surface area contributed by atoms with Gasteiger partial charge in [-0.25, -0.2) is 5.10 Å². The van der Waals surface area contributed by atoms with E-state index in [-0.39, 0.29) is 29.6 Å². The van der Waals surface area contributed by atoms with E-state index in [0.717, 1.165) is 12.8 Å². The van der Waals surface area contributed by atoms with Crippen LogP contribution in [-0.2, 0) is 4.79 Å². The molecule has 1 unspecified atom stereocenters. The highest BCUT2D eigenvalue weighted by Gasteiger charge is 2.29. The largest absolute Gasteiger partial charge is 0.481 e. The molecule has 102 valence electrons. The third-order valence-corrected chi connectivity index (χ3v) is 3.20. The first kappa shape index (κ1) is 13.3. The number of hydrogen-bond donors (Lipinski definition) is 2. The monoisotopic (exact) mass is 265 g/mol. The van der Waals surface area contributed by atoms with Gasteiger partial charge in [0.05, 0.1) is 6.42 Å². The zero-order valence-electron chi connectivity index (χ0n) is 10.3. The number of H-pyrrole nitrogens is 1. The fourth-order valence-electron chi connectivity index (χ4n) is 2.29. The lowest BCUT2D eigenvalue weighted by Gasteiger charge is -2.34. The van der Waals surface area contributed by atoms with Gasteiger partial charge in [-0.05, 0) is 25.3 Å². The van der Waals surface area contributed by atoms with Crippen molar-refractivity contribution < 1.29 is 14.7 Å². The van der Waals surface area contributed by atoms with Crippen LogP contribution in [0.15, 0.2) is 16.9 Å². The van der Waals surface area contributed by atoms with Gasteiger partial charge in [-0.3, -0.25) is 14.4 Å². The van der Waals surface area contributed by atoms with Crippen LogP contribution in [0.25, 0.3) is 0 Å². The number of aromatic nitrogens is 2. The maximum atomic E-state index is 12.3. The molecule has 2 N–H and O–H groups in total. The van der Waals surface area contributed by atoms with Gasteiger partial charge in [0.25, 0.3) is 11.5 Å². The molecular formula is C12H15N3O4. The zero-order chi connectivity index (χ0) is 13.8. The van der Waals surface area contributed by atoms with Gasteiger partial charge in [-0.15, -0.1) is 0 Å². The number of carbonyl (C=O) groups excluding carboxylic acids is 1. The number of carboxylic acid groups (broad SMARTS) is 1. The summed E-state index contributed by atoms with van der Waals surface area (Å²) in [5.41, 5.74) is -0.242. The van der Waals surface area contributed by atoms with E-state index in [2.05, 4.69) is 10.2 Å². The molecule has 2 rings (SSSR count). The van der Waals surface area contributed by atoms with Crippen molar-refractivity contribution in [3.05, 3.63) is 28.2 Å². The van der Waals surface area contributed by atoms with E-state index in [1.807, 2.05) is 0 Å². The molecule has 0 saturated carbocycles. The Hall–Kier alpha value is -2.18. The van der Waals surface area contributed by atoms with Crippen molar-refractivity contribution in [1.29, 1.82) is 0 Å². The average molecular weight is 265 g/mol. The molecule has 2 heterocycles. The standard InChI is InChI=1S/C12H15N3O4/c16-10-5-4-9(13-14-10)12(19)15-6-2-1-3-8(15)7-11(17)18/h4-5,8H,1-3,6-7H2,(H,14,16)(H,17,18). The Balaban J connectivity index is 2.17. The first-order chi connectivity index (χ1) is 9.08. The first-order valence-electron chi connectivity index (χ1n) is 6.16. The van der Waals surface area contributed by atoms with Gasteiger partial charge in [0.15, 0.2) is 0 Å². The molecule has 0 aliphatic carbocycles. The smallest absolute Gasteiger partial charge is 0.305 e. The topological polar surface area (TPSA) is 103 Å². The number of likely N-dealkylation sites (tertiary alicyclic amines) is 1. The van der Waals surface area contributed by atoms with Crippen molar-refractivity contribution in [2.75, 3.05) is 6.54 Å². The summed E-state index contributed by atoms with van der Waals surface area (Å²) in [6.07, 6.45) is 2.39. The molecule has 1 aliphatic rings. The van der Waals surface area contributed by atoms with Gasteiger partial charge in [-0.1, -0.05) is 0 Å². The van der Waals surface area contributed by atoms with Gasteiger partial charge in [0, 0.05) is 18.7 Å². The number of aliphatic carboxylic acids is 1. The van der Waals surface area contributed by atoms with E-state index >= 15 is 0 Å². The van der Waals surface area contributed by atoms with Crippen LogP contribution < -0.4 is 5.56 Å². The van der Waals surface area contributed by atoms with E-state index in [1.54, 1.807) is 0 Å². The minimum Gasteiger partial charge on any atom is -0.481 e. The summed E-state index contributed by atoms with van der Waals surface area (Å²) in [6, 6.07) is 2.29. The van der Waals surface area contributed by atoms with E-state index < -0.39 is 5.97 Å². The van der Waals surface area contributed by atoms with Crippen LogP contribution in [-0.4, -0.2) is 44.7 Å². The molecule has 7 nitrogen and oxygen atoms in total. The summed E-state index contributed by atoms with van der Waals surface area (Å²) >= 11 is 0. The number of rotatable bonds is 3. The second kappa shape index (κ2) is 5.64. The Morgan fingerprint density at radius 2 is 2.21 bits per heavy atom. The molecule has 1 atom stereocenters. The molecule has 0 bridgehead atoms. The summed E-state index contributed by atoms with van der Waals surface area (Å²) in [4.78, 5) is 35.5. The van der Waals surface area contributed by atoms with Crippen molar-refractivity contribution in [2.45, 2.75) is 31.7 Å². The molecule has 0 spiro atoms. The quantitative estimate of drug-likeness (QED) is 0.814. The number of aromatic amines is 1. The van der Waals surface area contributed by atoms with E-state index in [9.17, 15) is 14.4 Å². The van der Waals surface area contributed by atoms with Crippen molar-refractivity contribution in [3.8, 4) is 0 Å². The average Bonchev–Trinajstić information content (AvgIpc) is 2.39. The van der Waals surface area contributed by atoms with Crippen LogP contribution in [0.2, 0.25) is 0 Å². The maximum absolute atomic E-state index is 12.3. The zero-order valence-corrected chi connectivity index (χ0v) is 10.3. The SMILES string of the molecule is O=C(O)CC1CCCCN1C(=O)c1ccc(=O)[nH]n1. The van der Waals surface area contributed by atoms with E-state index in [1.165, 1.54) is 17.0 Å². The Labute approximate surface area is 109 Å².